The van der Waals surface area contributed by atoms with E-state index >= 15 is 0 Å². The number of nitrogens with zero attached hydrogens (tertiary/aromatic N) is 2. The van der Waals surface area contributed by atoms with Gasteiger partial charge in [-0.25, -0.2) is 0 Å². The molecule has 0 N–H and O–H groups in total. The molecule has 0 spiro atoms. The molecule has 1 aliphatic heterocycles. The third-order valence-corrected chi connectivity index (χ3v) is 7.27. The first-order chi connectivity index (χ1) is 11.5. The molecule has 0 unspecified atom stereocenters. The predicted molar refractivity (Wildman–Crippen MR) is 101 cm³/mol. The summed E-state index contributed by atoms with van der Waals surface area (Å²) in [7, 11) is 0. The van der Waals surface area contributed by atoms with Gasteiger partial charge < -0.3 is 0 Å². The minimum absolute atomic E-state index is 0.112. The molecule has 1 aromatic rings. The van der Waals surface area contributed by atoms with Crippen LogP contribution in [0.2, 0.25) is 3.43 Å². The van der Waals surface area contributed by atoms with E-state index in [4.69, 9.17) is 14.5 Å². The molecule has 1 fully saturated rings. The summed E-state index contributed by atoms with van der Waals surface area (Å²) in [5, 5.41) is 0. The average Bonchev–Trinajstić information content (AvgIpc) is 2.44. The third kappa shape index (κ3) is 7.42. The molecule has 2 heterocycles. The van der Waals surface area contributed by atoms with Crippen LogP contribution >= 0.6 is 0 Å². The topological polar surface area (TPSA) is 51.7 Å². The normalized spacial score (nSPS) is 16.6. The summed E-state index contributed by atoms with van der Waals surface area (Å²) in [5.74, 6) is 0.721. The summed E-state index contributed by atoms with van der Waals surface area (Å²) in [6, 6.07) is 6.10. The maximum absolute atomic E-state index is 12.1. The predicted octanol–water partition coefficient (Wildman–Crippen LogP) is 3.41. The molecular weight excluding hydrogens is 423 g/mol. The fourth-order valence-corrected chi connectivity index (χ4v) is 5.77. The van der Waals surface area contributed by atoms with E-state index in [1.165, 1.54) is 3.71 Å². The van der Waals surface area contributed by atoms with Crippen molar-refractivity contribution in [2.24, 2.45) is 0 Å². The van der Waals surface area contributed by atoms with Gasteiger partial charge in [0.05, 0.1) is 0 Å². The van der Waals surface area contributed by atoms with Crippen LogP contribution in [-0.4, -0.2) is 61.9 Å². The van der Waals surface area contributed by atoms with E-state index in [1.54, 1.807) is 4.90 Å². The summed E-state index contributed by atoms with van der Waals surface area (Å²) in [6.45, 7) is 13.8. The van der Waals surface area contributed by atoms with Crippen molar-refractivity contribution < 1.29 is 14.3 Å². The van der Waals surface area contributed by atoms with E-state index < -0.39 is 26.7 Å². The van der Waals surface area contributed by atoms with Crippen LogP contribution in [0.3, 0.4) is 0 Å². The monoisotopic (exact) mass is 454 g/mol. The number of carbonyl (C=O) groups excluding carboxylic acids is 1. The second kappa shape index (κ2) is 8.14. The molecule has 2 radical (unpaired) electrons. The first-order valence-corrected chi connectivity index (χ1v) is 11.8. The Morgan fingerprint density at radius 2 is 1.80 bits per heavy atom. The van der Waals surface area contributed by atoms with Gasteiger partial charge in [-0.05, 0) is 0 Å². The summed E-state index contributed by atoms with van der Waals surface area (Å²) in [5.41, 5.74) is -0.452. The number of pyridine rings is 1. The number of rotatable bonds is 3. The molecule has 0 bridgehead atoms. The van der Waals surface area contributed by atoms with E-state index in [9.17, 15) is 4.79 Å². The number of amides is 1. The van der Waals surface area contributed by atoms with E-state index in [0.29, 0.717) is 16.5 Å². The van der Waals surface area contributed by atoms with Crippen molar-refractivity contribution in [2.45, 2.75) is 69.5 Å². The van der Waals surface area contributed by atoms with Crippen LogP contribution in [0.15, 0.2) is 18.2 Å². The van der Waals surface area contributed by atoms with E-state index in [2.05, 4.69) is 26.8 Å². The van der Waals surface area contributed by atoms with E-state index in [0.717, 1.165) is 18.7 Å². The summed E-state index contributed by atoms with van der Waals surface area (Å²) in [4.78, 5) is 18.6. The van der Waals surface area contributed by atoms with Crippen LogP contribution in [0.4, 0.5) is 4.79 Å². The van der Waals surface area contributed by atoms with E-state index in [-0.39, 0.29) is 12.2 Å². The van der Waals surface area contributed by atoms with Crippen molar-refractivity contribution in [3.05, 3.63) is 18.2 Å². The summed E-state index contributed by atoms with van der Waals surface area (Å²) < 4.78 is 13.1. The molecule has 138 valence electrons. The van der Waals surface area contributed by atoms with E-state index in [1.807, 2.05) is 32.9 Å². The number of carbonyl (C=O) groups is 1. The Morgan fingerprint density at radius 1 is 1.16 bits per heavy atom. The summed E-state index contributed by atoms with van der Waals surface area (Å²) >= 11 is -0.730. The number of hydrogen-bond acceptors (Lipinski definition) is 4. The zero-order valence-electron chi connectivity index (χ0n) is 16.3. The van der Waals surface area contributed by atoms with Gasteiger partial charge in [-0.15, -0.1) is 0 Å². The molecule has 25 heavy (non-hydrogen) atoms. The summed E-state index contributed by atoms with van der Waals surface area (Å²) in [6.07, 6.45) is 1.50. The molecule has 6 heteroatoms. The van der Waals surface area contributed by atoms with Crippen LogP contribution in [0.1, 0.15) is 54.4 Å². The molecule has 0 atom stereocenters. The Morgan fingerprint density at radius 3 is 2.36 bits per heavy atom. The van der Waals surface area contributed by atoms with Gasteiger partial charge in [-0.1, -0.05) is 0 Å². The van der Waals surface area contributed by atoms with Crippen molar-refractivity contribution >= 4 is 30.9 Å². The molecule has 0 saturated carbocycles. The second-order valence-electron chi connectivity index (χ2n) is 8.52. The quantitative estimate of drug-likeness (QED) is 0.659. The van der Waals surface area contributed by atoms with Crippen molar-refractivity contribution in [3.8, 4) is 5.88 Å². The van der Waals surface area contributed by atoms with Crippen molar-refractivity contribution in [3.63, 3.8) is 0 Å². The maximum atomic E-state index is 12.1. The Bertz CT molecular complexity index is 585. The Labute approximate surface area is 161 Å². The number of aromatic nitrogens is 1. The number of piperidine rings is 1. The molecule has 5 nitrogen and oxygen atoms in total. The van der Waals surface area contributed by atoms with Gasteiger partial charge in [-0.3, -0.25) is 0 Å². The average molecular weight is 453 g/mol. The van der Waals surface area contributed by atoms with Gasteiger partial charge in [0, 0.05) is 0 Å². The molecule has 0 aromatic carbocycles. The Hall–Kier alpha value is -0.981. The fraction of sp³-hybridized carbons (Fsp3) is 0.684. The number of ether oxygens (including phenoxy) is 2. The van der Waals surface area contributed by atoms with Gasteiger partial charge in [-0.2, -0.15) is 0 Å². The van der Waals surface area contributed by atoms with Crippen molar-refractivity contribution in [1.29, 1.82) is 0 Å². The van der Waals surface area contributed by atoms with Crippen molar-refractivity contribution in [1.82, 2.24) is 9.88 Å². The van der Waals surface area contributed by atoms with Crippen LogP contribution in [-0.2, 0) is 4.74 Å². The van der Waals surface area contributed by atoms with Crippen LogP contribution < -0.4 is 8.45 Å². The first kappa shape index (κ1) is 20.3. The zero-order valence-corrected chi connectivity index (χ0v) is 19.1. The zero-order chi connectivity index (χ0) is 18.7. The first-order valence-electron chi connectivity index (χ1n) is 8.92. The molecule has 1 aliphatic rings. The molecule has 2 rings (SSSR count). The van der Waals surface area contributed by atoms with Crippen LogP contribution in [0.5, 0.6) is 5.88 Å². The molecule has 0 aliphatic carbocycles. The Kier molecular flexibility index (Phi) is 6.62. The molecule has 1 amide bonds. The second-order valence-corrected chi connectivity index (χ2v) is 15.0. The molecule has 1 aromatic heterocycles. The van der Waals surface area contributed by atoms with Gasteiger partial charge in [0.1, 0.15) is 0 Å². The SMILES string of the molecule is CC(C)(C)OC(=O)N1CCC(Oc2ccc[c]([Sn][C](C)(C)C)n2)CC1. The Balaban J connectivity index is 1.86. The fourth-order valence-electron chi connectivity index (χ4n) is 2.59. The standard InChI is InChI=1S/C15H21N2O3.C4H9.Sn/c1-15(2,3)20-14(18)17-10-7-12(8-11-17)19-13-6-4-5-9-16-13;1-4(2)3;/h4-6,12H,7-8,10-11H2,1-3H3;1-3H3;. The van der Waals surface area contributed by atoms with Gasteiger partial charge in [0.2, 0.25) is 0 Å². The van der Waals surface area contributed by atoms with Crippen LogP contribution in [0.25, 0.3) is 0 Å². The number of hydrogen-bond donors (Lipinski definition) is 0. The number of likely N-dealkylation sites (tertiary alicyclic amines) is 1. The van der Waals surface area contributed by atoms with Crippen LogP contribution in [0, 0.1) is 0 Å². The molecular formula is C19H30N2O3Sn. The van der Waals surface area contributed by atoms with Gasteiger partial charge >= 0.3 is 162 Å². The minimum atomic E-state index is -0.730. The van der Waals surface area contributed by atoms with Gasteiger partial charge in [0.25, 0.3) is 0 Å². The van der Waals surface area contributed by atoms with Crippen molar-refractivity contribution in [2.75, 3.05) is 13.1 Å². The third-order valence-electron chi connectivity index (χ3n) is 3.61. The molecule has 1 saturated heterocycles. The van der Waals surface area contributed by atoms with Gasteiger partial charge in [0.15, 0.2) is 0 Å².